The number of amides is 2. The largest absolute Gasteiger partial charge is 0.384 e. The molecule has 1 N–H and O–H groups in total. The van der Waals surface area contributed by atoms with Crippen molar-refractivity contribution in [2.75, 3.05) is 25.2 Å². The number of nitrogens with zero attached hydrogens (tertiary/aromatic N) is 6. The Morgan fingerprint density at radius 2 is 2.20 bits per heavy atom. The fraction of sp³-hybridized carbons (Fsp3) is 0.421. The summed E-state index contributed by atoms with van der Waals surface area (Å²) < 4.78 is 8.66. The highest BCUT2D eigenvalue weighted by atomic mass is 32.1. The maximum Gasteiger partial charge on any atom is 0.263 e. The Labute approximate surface area is 178 Å². The lowest BCUT2D eigenvalue weighted by atomic mass is 10.3. The van der Waals surface area contributed by atoms with E-state index in [1.165, 1.54) is 17.5 Å². The number of nitrogens with one attached hydrogen (secondary N) is 1. The van der Waals surface area contributed by atoms with E-state index in [2.05, 4.69) is 20.4 Å². The average molecular weight is 432 g/mol. The van der Waals surface area contributed by atoms with E-state index in [0.29, 0.717) is 29.7 Å². The third-order valence-electron chi connectivity index (χ3n) is 4.31. The molecule has 11 heteroatoms. The molecule has 3 aromatic rings. The fourth-order valence-corrected chi connectivity index (χ4v) is 3.64. The van der Waals surface area contributed by atoms with Gasteiger partial charge in [-0.25, -0.2) is 9.97 Å². The summed E-state index contributed by atoms with van der Waals surface area (Å²) in [5.41, 5.74) is 0.879. The molecule has 0 aliphatic carbocycles. The predicted molar refractivity (Wildman–Crippen MR) is 112 cm³/mol. The first-order valence-electron chi connectivity index (χ1n) is 9.53. The van der Waals surface area contributed by atoms with E-state index in [1.807, 2.05) is 24.0 Å². The van der Waals surface area contributed by atoms with Crippen LogP contribution >= 0.6 is 11.3 Å². The van der Waals surface area contributed by atoms with Gasteiger partial charge in [-0.2, -0.15) is 5.10 Å². The zero-order valence-electron chi connectivity index (χ0n) is 17.0. The standard InChI is InChI=1S/C19H25N7O3S/c1-24-12-15(10-23-24)13-26(17(27)4-9-29-2)19-22-11-16(30-19)18(28)21-5-3-7-25-8-6-20-14-25/h6,8,10-12,14H,3-5,7,9,13H2,1-2H3,(H,21,28). The third kappa shape index (κ3) is 5.97. The Morgan fingerprint density at radius 1 is 1.33 bits per heavy atom. The van der Waals surface area contributed by atoms with Crippen LogP contribution in [0.2, 0.25) is 0 Å². The number of rotatable bonds is 11. The number of carbonyl (C=O) groups is 2. The molecule has 3 rings (SSSR count). The van der Waals surface area contributed by atoms with Crippen LogP contribution in [0.5, 0.6) is 0 Å². The van der Waals surface area contributed by atoms with Gasteiger partial charge in [0.15, 0.2) is 5.13 Å². The second-order valence-corrected chi connectivity index (χ2v) is 7.67. The van der Waals surface area contributed by atoms with Crippen LogP contribution in [0.1, 0.15) is 28.1 Å². The molecule has 0 saturated carbocycles. The van der Waals surface area contributed by atoms with Crippen LogP contribution in [0, 0.1) is 0 Å². The van der Waals surface area contributed by atoms with Gasteiger partial charge in [-0.3, -0.25) is 19.2 Å². The fourth-order valence-electron chi connectivity index (χ4n) is 2.79. The van der Waals surface area contributed by atoms with Gasteiger partial charge in [0.1, 0.15) is 4.88 Å². The molecule has 3 heterocycles. The van der Waals surface area contributed by atoms with Gasteiger partial charge in [-0.15, -0.1) is 0 Å². The van der Waals surface area contributed by atoms with E-state index in [0.717, 1.165) is 18.5 Å². The van der Waals surface area contributed by atoms with Crippen LogP contribution < -0.4 is 10.2 Å². The van der Waals surface area contributed by atoms with Crippen molar-refractivity contribution in [3.05, 3.63) is 47.8 Å². The molecule has 0 aromatic carbocycles. The summed E-state index contributed by atoms with van der Waals surface area (Å²) in [6, 6.07) is 0. The second kappa shape index (κ2) is 10.6. The average Bonchev–Trinajstić information content (AvgIpc) is 3.49. The normalized spacial score (nSPS) is 10.9. The lowest BCUT2D eigenvalue weighted by Crippen LogP contribution is -2.30. The van der Waals surface area contributed by atoms with Crippen molar-refractivity contribution in [1.29, 1.82) is 0 Å². The van der Waals surface area contributed by atoms with Gasteiger partial charge < -0.3 is 14.6 Å². The van der Waals surface area contributed by atoms with Gasteiger partial charge in [0, 0.05) is 51.4 Å². The van der Waals surface area contributed by atoms with Crippen LogP contribution in [0.3, 0.4) is 0 Å². The second-order valence-electron chi connectivity index (χ2n) is 6.66. The molecule has 0 atom stereocenters. The zero-order valence-corrected chi connectivity index (χ0v) is 17.8. The highest BCUT2D eigenvalue weighted by Gasteiger charge is 2.21. The van der Waals surface area contributed by atoms with Gasteiger partial charge in [-0.1, -0.05) is 11.3 Å². The Kier molecular flexibility index (Phi) is 7.69. The first-order valence-corrected chi connectivity index (χ1v) is 10.3. The molecule has 0 spiro atoms. The molecule has 160 valence electrons. The Hall–Kier alpha value is -3.05. The van der Waals surface area contributed by atoms with Crippen molar-refractivity contribution in [2.45, 2.75) is 25.9 Å². The smallest absolute Gasteiger partial charge is 0.263 e. The van der Waals surface area contributed by atoms with E-state index in [1.54, 1.807) is 35.4 Å². The summed E-state index contributed by atoms with van der Waals surface area (Å²) in [5.74, 6) is -0.322. The highest BCUT2D eigenvalue weighted by Crippen LogP contribution is 2.25. The molecule has 10 nitrogen and oxygen atoms in total. The summed E-state index contributed by atoms with van der Waals surface area (Å²) >= 11 is 1.19. The Morgan fingerprint density at radius 3 is 2.90 bits per heavy atom. The van der Waals surface area contributed by atoms with E-state index >= 15 is 0 Å². The highest BCUT2D eigenvalue weighted by molar-refractivity contribution is 7.17. The molecule has 0 aliphatic heterocycles. The molecule has 0 aliphatic rings. The van der Waals surface area contributed by atoms with E-state index in [9.17, 15) is 9.59 Å². The summed E-state index contributed by atoms with van der Waals surface area (Å²) in [5, 5.41) is 7.51. The number of carbonyl (C=O) groups excluding carboxylic acids is 2. The van der Waals surface area contributed by atoms with Crippen molar-refractivity contribution in [2.24, 2.45) is 7.05 Å². The van der Waals surface area contributed by atoms with Gasteiger partial charge >= 0.3 is 0 Å². The van der Waals surface area contributed by atoms with Crippen molar-refractivity contribution in [3.8, 4) is 0 Å². The number of hydrogen-bond acceptors (Lipinski definition) is 7. The first kappa shape index (κ1) is 21.7. The zero-order chi connectivity index (χ0) is 21.3. The van der Waals surface area contributed by atoms with Crippen molar-refractivity contribution >= 4 is 28.3 Å². The van der Waals surface area contributed by atoms with Crippen molar-refractivity contribution in [1.82, 2.24) is 29.6 Å². The number of ether oxygens (including phenoxy) is 1. The van der Waals surface area contributed by atoms with Crippen LogP contribution in [0.15, 0.2) is 37.3 Å². The molecule has 0 radical (unpaired) electrons. The third-order valence-corrected chi connectivity index (χ3v) is 5.33. The summed E-state index contributed by atoms with van der Waals surface area (Å²) in [4.78, 5) is 35.5. The Bertz CT molecular complexity index is 951. The van der Waals surface area contributed by atoms with Gasteiger partial charge in [-0.05, 0) is 6.42 Å². The number of aryl methyl sites for hydroxylation is 2. The predicted octanol–water partition coefficient (Wildman–Crippen LogP) is 1.46. The minimum Gasteiger partial charge on any atom is -0.384 e. The SMILES string of the molecule is COCCC(=O)N(Cc1cnn(C)c1)c1ncc(C(=O)NCCCn2ccnc2)s1. The Balaban J connectivity index is 1.61. The number of hydrogen-bond donors (Lipinski definition) is 1. The van der Waals surface area contributed by atoms with E-state index in [4.69, 9.17) is 4.74 Å². The number of aromatic nitrogens is 5. The minimum absolute atomic E-state index is 0.123. The van der Waals surface area contributed by atoms with Gasteiger partial charge in [0.2, 0.25) is 5.91 Å². The van der Waals surface area contributed by atoms with Crippen molar-refractivity contribution in [3.63, 3.8) is 0 Å². The molecular weight excluding hydrogens is 406 g/mol. The molecular formula is C19H25N7O3S. The minimum atomic E-state index is -0.199. The molecule has 0 fully saturated rings. The molecule has 3 aromatic heterocycles. The molecule has 2 amide bonds. The molecule has 0 saturated heterocycles. The van der Waals surface area contributed by atoms with Crippen LogP contribution in [-0.2, 0) is 29.7 Å². The monoisotopic (exact) mass is 431 g/mol. The van der Waals surface area contributed by atoms with E-state index < -0.39 is 0 Å². The first-order chi connectivity index (χ1) is 14.6. The summed E-state index contributed by atoms with van der Waals surface area (Å²) in [7, 11) is 3.37. The van der Waals surface area contributed by atoms with Gasteiger partial charge in [0.25, 0.3) is 5.91 Å². The van der Waals surface area contributed by atoms with Gasteiger partial charge in [0.05, 0.1) is 38.3 Å². The van der Waals surface area contributed by atoms with Crippen molar-refractivity contribution < 1.29 is 14.3 Å². The lowest BCUT2D eigenvalue weighted by Gasteiger charge is -2.19. The lowest BCUT2D eigenvalue weighted by molar-refractivity contribution is -0.119. The maximum absolute atomic E-state index is 12.7. The number of anilines is 1. The quantitative estimate of drug-likeness (QED) is 0.461. The maximum atomic E-state index is 12.7. The topological polar surface area (TPSA) is 107 Å². The molecule has 0 bridgehead atoms. The summed E-state index contributed by atoms with van der Waals surface area (Å²) in [6.07, 6.45) is 11.4. The van der Waals surface area contributed by atoms with E-state index in [-0.39, 0.29) is 18.2 Å². The number of imidazole rings is 1. The number of methoxy groups -OCH3 is 1. The summed E-state index contributed by atoms with van der Waals surface area (Å²) in [6.45, 7) is 1.96. The van der Waals surface area contributed by atoms with Crippen LogP contribution in [0.4, 0.5) is 5.13 Å². The molecule has 0 unspecified atom stereocenters. The van der Waals surface area contributed by atoms with Crippen LogP contribution in [0.25, 0.3) is 0 Å². The molecule has 30 heavy (non-hydrogen) atoms. The number of thiazole rings is 1. The van der Waals surface area contributed by atoms with Crippen LogP contribution in [-0.4, -0.2) is 56.4 Å².